The number of amides is 1. The first kappa shape index (κ1) is 21.1. The van der Waals surface area contributed by atoms with Crippen LogP contribution in [-0.2, 0) is 4.79 Å². The molecule has 6 nitrogen and oxygen atoms in total. The lowest BCUT2D eigenvalue weighted by molar-refractivity contribution is -0.113. The lowest BCUT2D eigenvalue weighted by atomic mass is 10.2. The number of aryl methyl sites for hydroxylation is 2. The van der Waals surface area contributed by atoms with E-state index >= 15 is 0 Å². The van der Waals surface area contributed by atoms with E-state index in [4.69, 9.17) is 9.72 Å². The van der Waals surface area contributed by atoms with E-state index in [2.05, 4.69) is 5.32 Å². The molecule has 2 aromatic carbocycles. The highest BCUT2D eigenvalue weighted by atomic mass is 32.2. The van der Waals surface area contributed by atoms with Gasteiger partial charge in [-0.05, 0) is 49.7 Å². The number of anilines is 1. The Bertz CT molecular complexity index is 1310. The molecule has 0 fully saturated rings. The molecule has 0 aliphatic carbocycles. The molecule has 0 spiro atoms. The van der Waals surface area contributed by atoms with Gasteiger partial charge in [-0.2, -0.15) is 0 Å². The SMILES string of the molecule is COc1ccc(C)cc1NC(=O)CSc1nc2sc(C)cc2c(=O)n1-c1ccccc1. The molecule has 1 amide bonds. The number of carbonyl (C=O) groups is 1. The highest BCUT2D eigenvalue weighted by Gasteiger charge is 2.17. The van der Waals surface area contributed by atoms with Crippen LogP contribution in [0.4, 0.5) is 5.69 Å². The second-order valence-electron chi connectivity index (χ2n) is 6.99. The molecule has 2 aromatic heterocycles. The summed E-state index contributed by atoms with van der Waals surface area (Å²) in [5.41, 5.74) is 2.21. The number of hydrogen-bond acceptors (Lipinski definition) is 6. The predicted octanol–water partition coefficient (Wildman–Crippen LogP) is 4.80. The molecule has 4 rings (SSSR count). The number of carbonyl (C=O) groups excluding carboxylic acids is 1. The number of fused-ring (bicyclic) bond motifs is 1. The zero-order chi connectivity index (χ0) is 22.0. The third-order valence-electron chi connectivity index (χ3n) is 4.63. The summed E-state index contributed by atoms with van der Waals surface area (Å²) < 4.78 is 6.90. The minimum absolute atomic E-state index is 0.103. The fraction of sp³-hybridized carbons (Fsp3) is 0.174. The van der Waals surface area contributed by atoms with Crippen LogP contribution in [0.1, 0.15) is 10.4 Å². The van der Waals surface area contributed by atoms with E-state index in [1.54, 1.807) is 11.7 Å². The van der Waals surface area contributed by atoms with Gasteiger partial charge in [-0.25, -0.2) is 4.98 Å². The van der Waals surface area contributed by atoms with Crippen LogP contribution in [0.15, 0.2) is 64.5 Å². The molecule has 0 aliphatic rings. The number of thioether (sulfide) groups is 1. The van der Waals surface area contributed by atoms with Crippen LogP contribution >= 0.6 is 23.1 Å². The van der Waals surface area contributed by atoms with Crippen molar-refractivity contribution in [3.63, 3.8) is 0 Å². The monoisotopic (exact) mass is 451 g/mol. The molecule has 1 N–H and O–H groups in total. The van der Waals surface area contributed by atoms with Gasteiger partial charge in [0, 0.05) is 4.88 Å². The van der Waals surface area contributed by atoms with Crippen molar-refractivity contribution in [2.24, 2.45) is 0 Å². The first-order valence-corrected chi connectivity index (χ1v) is 11.4. The minimum Gasteiger partial charge on any atom is -0.495 e. The first-order chi connectivity index (χ1) is 15.0. The van der Waals surface area contributed by atoms with E-state index in [-0.39, 0.29) is 17.2 Å². The van der Waals surface area contributed by atoms with Gasteiger partial charge in [0.25, 0.3) is 5.56 Å². The fourth-order valence-electron chi connectivity index (χ4n) is 3.22. The molecule has 8 heteroatoms. The summed E-state index contributed by atoms with van der Waals surface area (Å²) in [6.45, 7) is 3.90. The average molecular weight is 452 g/mol. The molecule has 0 aliphatic heterocycles. The van der Waals surface area contributed by atoms with Gasteiger partial charge < -0.3 is 10.1 Å². The Morgan fingerprint density at radius 1 is 1.16 bits per heavy atom. The largest absolute Gasteiger partial charge is 0.495 e. The molecule has 4 aromatic rings. The third kappa shape index (κ3) is 4.50. The Morgan fingerprint density at radius 3 is 2.68 bits per heavy atom. The van der Waals surface area contributed by atoms with E-state index in [9.17, 15) is 9.59 Å². The smallest absolute Gasteiger partial charge is 0.267 e. The van der Waals surface area contributed by atoms with Crippen LogP contribution in [0, 0.1) is 13.8 Å². The maximum absolute atomic E-state index is 13.2. The molecular formula is C23H21N3O3S2. The zero-order valence-corrected chi connectivity index (χ0v) is 19.0. The van der Waals surface area contributed by atoms with Crippen LogP contribution < -0.4 is 15.6 Å². The molecule has 0 atom stereocenters. The summed E-state index contributed by atoms with van der Waals surface area (Å²) >= 11 is 2.70. The summed E-state index contributed by atoms with van der Waals surface area (Å²) in [5, 5.41) is 3.96. The standard InChI is InChI=1S/C23H21N3O3S2/c1-14-9-10-19(29-3)18(11-14)24-20(27)13-30-23-25-21-17(12-15(2)31-21)22(28)26(23)16-7-5-4-6-8-16/h4-12H,13H2,1-3H3,(H,24,27). The van der Waals surface area contributed by atoms with Gasteiger partial charge in [-0.3, -0.25) is 14.2 Å². The number of ether oxygens (including phenoxy) is 1. The normalized spacial score (nSPS) is 10.9. The van der Waals surface area contributed by atoms with Gasteiger partial charge in [0.15, 0.2) is 5.16 Å². The molecule has 31 heavy (non-hydrogen) atoms. The maximum atomic E-state index is 13.2. The summed E-state index contributed by atoms with van der Waals surface area (Å²) in [5.74, 6) is 0.496. The van der Waals surface area contributed by atoms with Gasteiger partial charge in [0.05, 0.1) is 29.6 Å². The molecular weight excluding hydrogens is 430 g/mol. The molecule has 0 saturated carbocycles. The topological polar surface area (TPSA) is 73.2 Å². The Labute approximate surface area is 187 Å². The van der Waals surface area contributed by atoms with Crippen LogP contribution in [0.5, 0.6) is 5.75 Å². The number of nitrogens with zero attached hydrogens (tertiary/aromatic N) is 2. The number of thiophene rings is 1. The molecule has 0 radical (unpaired) electrons. The molecule has 0 bridgehead atoms. The summed E-state index contributed by atoms with van der Waals surface area (Å²) in [6.07, 6.45) is 0. The van der Waals surface area contributed by atoms with Gasteiger partial charge in [0.2, 0.25) is 5.91 Å². The Kier molecular flexibility index (Phi) is 6.11. The fourth-order valence-corrected chi connectivity index (χ4v) is 4.95. The summed E-state index contributed by atoms with van der Waals surface area (Å²) in [6, 6.07) is 16.8. The van der Waals surface area contributed by atoms with Crippen LogP contribution in [-0.4, -0.2) is 28.3 Å². The van der Waals surface area contributed by atoms with E-state index in [0.29, 0.717) is 32.5 Å². The van der Waals surface area contributed by atoms with Crippen molar-refractivity contribution >= 4 is 44.9 Å². The molecule has 0 unspecified atom stereocenters. The first-order valence-electron chi connectivity index (χ1n) is 9.62. The van der Waals surface area contributed by atoms with E-state index in [0.717, 1.165) is 10.4 Å². The van der Waals surface area contributed by atoms with Gasteiger partial charge in [-0.15, -0.1) is 11.3 Å². The Hall–Kier alpha value is -3.10. The number of nitrogens with one attached hydrogen (secondary N) is 1. The zero-order valence-electron chi connectivity index (χ0n) is 17.3. The average Bonchev–Trinajstić information content (AvgIpc) is 3.14. The lowest BCUT2D eigenvalue weighted by Gasteiger charge is -2.13. The highest BCUT2D eigenvalue weighted by molar-refractivity contribution is 7.99. The molecule has 158 valence electrons. The number of aromatic nitrogens is 2. The van der Waals surface area contributed by atoms with Gasteiger partial charge in [0.1, 0.15) is 10.6 Å². The second kappa shape index (κ2) is 8.95. The van der Waals surface area contributed by atoms with Gasteiger partial charge in [-0.1, -0.05) is 36.0 Å². The van der Waals surface area contributed by atoms with Crippen molar-refractivity contribution in [1.29, 1.82) is 0 Å². The van der Waals surface area contributed by atoms with Crippen LogP contribution in [0.2, 0.25) is 0 Å². The molecule has 0 saturated heterocycles. The van der Waals surface area contributed by atoms with Crippen molar-refractivity contribution in [2.45, 2.75) is 19.0 Å². The number of methoxy groups -OCH3 is 1. The van der Waals surface area contributed by atoms with Crippen molar-refractivity contribution in [2.75, 3.05) is 18.2 Å². The second-order valence-corrected chi connectivity index (χ2v) is 9.16. The van der Waals surface area contributed by atoms with Crippen LogP contribution in [0.3, 0.4) is 0 Å². The summed E-state index contributed by atoms with van der Waals surface area (Å²) in [7, 11) is 1.57. The number of benzene rings is 2. The lowest BCUT2D eigenvalue weighted by Crippen LogP contribution is -2.22. The summed E-state index contributed by atoms with van der Waals surface area (Å²) in [4.78, 5) is 32.3. The molecule has 2 heterocycles. The third-order valence-corrected chi connectivity index (χ3v) is 6.52. The quantitative estimate of drug-likeness (QED) is 0.337. The Balaban J connectivity index is 1.64. The van der Waals surface area contributed by atoms with Crippen molar-refractivity contribution in [3.05, 3.63) is 75.4 Å². The van der Waals surface area contributed by atoms with Crippen molar-refractivity contribution in [1.82, 2.24) is 9.55 Å². The highest BCUT2D eigenvalue weighted by Crippen LogP contribution is 2.28. The number of para-hydroxylation sites is 1. The number of rotatable bonds is 6. The van der Waals surface area contributed by atoms with Crippen LogP contribution in [0.25, 0.3) is 15.9 Å². The Morgan fingerprint density at radius 2 is 1.94 bits per heavy atom. The minimum atomic E-state index is -0.204. The van der Waals surface area contributed by atoms with Crippen molar-refractivity contribution in [3.8, 4) is 11.4 Å². The van der Waals surface area contributed by atoms with Crippen molar-refractivity contribution < 1.29 is 9.53 Å². The van der Waals surface area contributed by atoms with E-state index in [1.165, 1.54) is 23.1 Å². The number of hydrogen-bond donors (Lipinski definition) is 1. The predicted molar refractivity (Wildman–Crippen MR) is 127 cm³/mol. The van der Waals surface area contributed by atoms with Gasteiger partial charge >= 0.3 is 0 Å². The maximum Gasteiger partial charge on any atom is 0.267 e. The van der Waals surface area contributed by atoms with E-state index < -0.39 is 0 Å². The van der Waals surface area contributed by atoms with E-state index in [1.807, 2.05) is 68.4 Å².